The molecule has 0 unspecified atom stereocenters. The molecule has 4 nitrogen and oxygen atoms in total. The van der Waals surface area contributed by atoms with E-state index >= 15 is 0 Å². The molecule has 0 radical (unpaired) electrons. The molecule has 122 valence electrons. The number of benzene rings is 1. The first-order valence-electron chi connectivity index (χ1n) is 7.07. The molecule has 0 spiro atoms. The Kier molecular flexibility index (Phi) is 6.39. The second-order valence-electron chi connectivity index (χ2n) is 4.79. The first-order chi connectivity index (χ1) is 10.3. The molecule has 0 saturated heterocycles. The van der Waals surface area contributed by atoms with E-state index in [9.17, 15) is 22.8 Å². The van der Waals surface area contributed by atoms with Crippen molar-refractivity contribution in [2.75, 3.05) is 18.4 Å². The topological polar surface area (TPSA) is 49.4 Å². The van der Waals surface area contributed by atoms with Gasteiger partial charge in [-0.2, -0.15) is 13.2 Å². The van der Waals surface area contributed by atoms with Crippen LogP contribution in [0.2, 0.25) is 0 Å². The van der Waals surface area contributed by atoms with E-state index in [1.165, 1.54) is 17.0 Å². The number of amides is 2. The number of hydrogen-bond donors (Lipinski definition) is 1. The van der Waals surface area contributed by atoms with E-state index in [0.717, 1.165) is 12.1 Å². The van der Waals surface area contributed by atoms with Crippen molar-refractivity contribution in [2.45, 2.75) is 32.9 Å². The summed E-state index contributed by atoms with van der Waals surface area (Å²) in [4.78, 5) is 25.3. The van der Waals surface area contributed by atoms with Crippen molar-refractivity contribution >= 4 is 17.5 Å². The number of carbonyl (C=O) groups excluding carboxylic acids is 2. The Hall–Kier alpha value is -2.05. The first kappa shape index (κ1) is 18.0. The van der Waals surface area contributed by atoms with Gasteiger partial charge in [-0.3, -0.25) is 9.59 Å². The van der Waals surface area contributed by atoms with Gasteiger partial charge in [-0.15, -0.1) is 0 Å². The molecular weight excluding hydrogens is 297 g/mol. The lowest BCUT2D eigenvalue weighted by Gasteiger charge is -2.21. The van der Waals surface area contributed by atoms with Gasteiger partial charge in [0.1, 0.15) is 0 Å². The molecule has 7 heteroatoms. The van der Waals surface area contributed by atoms with Gasteiger partial charge in [-0.1, -0.05) is 26.0 Å². The Morgan fingerprint density at radius 3 is 2.14 bits per heavy atom. The number of nitrogens with one attached hydrogen (secondary N) is 1. The van der Waals surface area contributed by atoms with Gasteiger partial charge in [-0.05, 0) is 25.0 Å². The van der Waals surface area contributed by atoms with Crippen LogP contribution in [0.25, 0.3) is 0 Å². The quantitative estimate of drug-likeness (QED) is 0.847. The first-order valence-corrected chi connectivity index (χ1v) is 7.07. The smallest absolute Gasteiger partial charge is 0.334 e. The zero-order valence-corrected chi connectivity index (χ0v) is 12.5. The fourth-order valence-electron chi connectivity index (χ4n) is 2.01. The molecule has 0 atom stereocenters. The van der Waals surface area contributed by atoms with Gasteiger partial charge in [0.05, 0.1) is 11.3 Å². The lowest BCUT2D eigenvalue weighted by molar-refractivity contribution is -0.143. The third-order valence-corrected chi connectivity index (χ3v) is 2.95. The standard InChI is InChI=1S/C15H19F3N2O2/c1-3-9-20(10-4-2)14(22)13(21)19-12-8-6-5-7-11(12)15(16,17)18/h5-8H,3-4,9-10H2,1-2H3,(H,19,21). The summed E-state index contributed by atoms with van der Waals surface area (Å²) in [5, 5.41) is 2.06. The summed E-state index contributed by atoms with van der Waals surface area (Å²) in [7, 11) is 0. The minimum atomic E-state index is -4.60. The summed E-state index contributed by atoms with van der Waals surface area (Å²) in [5.41, 5.74) is -1.39. The highest BCUT2D eigenvalue weighted by Gasteiger charge is 2.34. The van der Waals surface area contributed by atoms with Crippen LogP contribution in [-0.2, 0) is 15.8 Å². The SMILES string of the molecule is CCCN(CCC)C(=O)C(=O)Nc1ccccc1C(F)(F)F. The van der Waals surface area contributed by atoms with Gasteiger partial charge in [0, 0.05) is 13.1 Å². The van der Waals surface area contributed by atoms with Gasteiger partial charge >= 0.3 is 18.0 Å². The lowest BCUT2D eigenvalue weighted by Crippen LogP contribution is -2.40. The molecule has 1 aromatic carbocycles. The zero-order chi connectivity index (χ0) is 16.8. The van der Waals surface area contributed by atoms with Gasteiger partial charge in [0.15, 0.2) is 0 Å². The molecule has 0 aromatic heterocycles. The number of halogens is 3. The summed E-state index contributed by atoms with van der Waals surface area (Å²) in [6.45, 7) is 4.49. The number of nitrogens with zero attached hydrogens (tertiary/aromatic N) is 1. The molecule has 0 heterocycles. The number of hydrogen-bond acceptors (Lipinski definition) is 2. The Morgan fingerprint density at radius 1 is 1.09 bits per heavy atom. The zero-order valence-electron chi connectivity index (χ0n) is 12.5. The second kappa shape index (κ2) is 7.82. The van der Waals surface area contributed by atoms with Crippen LogP contribution >= 0.6 is 0 Å². The summed E-state index contributed by atoms with van der Waals surface area (Å²) in [6.07, 6.45) is -3.27. The van der Waals surface area contributed by atoms with Gasteiger partial charge in [0.2, 0.25) is 0 Å². The summed E-state index contributed by atoms with van der Waals surface area (Å²) in [6, 6.07) is 4.57. The van der Waals surface area contributed by atoms with Gasteiger partial charge < -0.3 is 10.2 Å². The van der Waals surface area contributed by atoms with Crippen LogP contribution < -0.4 is 5.32 Å². The third kappa shape index (κ3) is 4.75. The van der Waals surface area contributed by atoms with Crippen molar-refractivity contribution in [3.05, 3.63) is 29.8 Å². The predicted octanol–water partition coefficient (Wildman–Crippen LogP) is 3.29. The molecule has 0 aliphatic heterocycles. The van der Waals surface area contributed by atoms with Gasteiger partial charge in [-0.25, -0.2) is 0 Å². The monoisotopic (exact) mass is 316 g/mol. The van der Waals surface area contributed by atoms with Crippen LogP contribution in [0, 0.1) is 0 Å². The van der Waals surface area contributed by atoms with E-state index in [0.29, 0.717) is 25.9 Å². The number of anilines is 1. The van der Waals surface area contributed by atoms with Crippen LogP contribution in [0.5, 0.6) is 0 Å². The third-order valence-electron chi connectivity index (χ3n) is 2.95. The Balaban J connectivity index is 2.91. The van der Waals surface area contributed by atoms with Crippen LogP contribution in [-0.4, -0.2) is 29.8 Å². The molecule has 0 fully saturated rings. The van der Waals surface area contributed by atoms with Crippen molar-refractivity contribution < 1.29 is 22.8 Å². The van der Waals surface area contributed by atoms with Crippen LogP contribution in [0.1, 0.15) is 32.3 Å². The highest BCUT2D eigenvalue weighted by molar-refractivity contribution is 6.39. The Bertz CT molecular complexity index is 524. The molecule has 2 amide bonds. The van der Waals surface area contributed by atoms with E-state index in [4.69, 9.17) is 0 Å². The van der Waals surface area contributed by atoms with Crippen molar-refractivity contribution in [3.8, 4) is 0 Å². The van der Waals surface area contributed by atoms with E-state index in [1.807, 2.05) is 13.8 Å². The highest BCUT2D eigenvalue weighted by atomic mass is 19.4. The molecular formula is C15H19F3N2O2. The number of rotatable bonds is 5. The molecule has 0 aliphatic carbocycles. The molecule has 0 saturated carbocycles. The van der Waals surface area contributed by atoms with Crippen molar-refractivity contribution in [1.29, 1.82) is 0 Å². The number of alkyl halides is 3. The average Bonchev–Trinajstić information content (AvgIpc) is 2.45. The van der Waals surface area contributed by atoms with Gasteiger partial charge in [0.25, 0.3) is 0 Å². The minimum Gasteiger partial charge on any atom is -0.334 e. The minimum absolute atomic E-state index is 0.390. The lowest BCUT2D eigenvalue weighted by atomic mass is 10.1. The highest BCUT2D eigenvalue weighted by Crippen LogP contribution is 2.34. The van der Waals surface area contributed by atoms with Crippen LogP contribution in [0.3, 0.4) is 0 Å². The van der Waals surface area contributed by atoms with E-state index in [1.54, 1.807) is 0 Å². The van der Waals surface area contributed by atoms with E-state index in [2.05, 4.69) is 5.32 Å². The maximum Gasteiger partial charge on any atom is 0.418 e. The molecule has 0 bridgehead atoms. The Labute approximate surface area is 127 Å². The van der Waals surface area contributed by atoms with E-state index < -0.39 is 29.2 Å². The maximum atomic E-state index is 12.9. The number of para-hydroxylation sites is 1. The van der Waals surface area contributed by atoms with Crippen molar-refractivity contribution in [1.82, 2.24) is 4.90 Å². The molecule has 0 aliphatic rings. The Morgan fingerprint density at radius 2 is 1.64 bits per heavy atom. The fourth-order valence-corrected chi connectivity index (χ4v) is 2.01. The molecule has 1 N–H and O–H groups in total. The number of carbonyl (C=O) groups is 2. The summed E-state index contributed by atoms with van der Waals surface area (Å²) in [5.74, 6) is -1.88. The average molecular weight is 316 g/mol. The largest absolute Gasteiger partial charge is 0.418 e. The fraction of sp³-hybridized carbons (Fsp3) is 0.467. The predicted molar refractivity (Wildman–Crippen MR) is 77.2 cm³/mol. The molecule has 22 heavy (non-hydrogen) atoms. The van der Waals surface area contributed by atoms with Crippen molar-refractivity contribution in [2.24, 2.45) is 0 Å². The molecule has 1 aromatic rings. The van der Waals surface area contributed by atoms with Crippen LogP contribution in [0.4, 0.5) is 18.9 Å². The maximum absolute atomic E-state index is 12.9. The van der Waals surface area contributed by atoms with Crippen LogP contribution in [0.15, 0.2) is 24.3 Å². The summed E-state index contributed by atoms with van der Waals surface area (Å²) >= 11 is 0. The van der Waals surface area contributed by atoms with Crippen molar-refractivity contribution in [3.63, 3.8) is 0 Å². The summed E-state index contributed by atoms with van der Waals surface area (Å²) < 4.78 is 38.6. The van der Waals surface area contributed by atoms with E-state index in [-0.39, 0.29) is 0 Å². The molecule has 1 rings (SSSR count). The second-order valence-corrected chi connectivity index (χ2v) is 4.79. The normalized spacial score (nSPS) is 11.1.